The first-order valence-corrected chi connectivity index (χ1v) is 7.06. The third-order valence-corrected chi connectivity index (χ3v) is 3.55. The molecule has 0 unspecified atom stereocenters. The molecule has 0 aliphatic carbocycles. The van der Waals surface area contributed by atoms with Crippen LogP contribution in [0.2, 0.25) is 0 Å². The largest absolute Gasteiger partial charge is 0.283 e. The topological polar surface area (TPSA) is 42.0 Å². The second-order valence-electron chi connectivity index (χ2n) is 4.59. The summed E-state index contributed by atoms with van der Waals surface area (Å²) in [5, 5.41) is 8.64. The van der Waals surface area contributed by atoms with Gasteiger partial charge in [-0.25, -0.2) is 4.98 Å². The number of fused-ring (bicyclic) bond motifs is 1. The van der Waals surface area contributed by atoms with Gasteiger partial charge in [-0.15, -0.1) is 10.2 Å². The predicted octanol–water partition coefficient (Wildman–Crippen LogP) is 5.13. The summed E-state index contributed by atoms with van der Waals surface area (Å²) in [7, 11) is 0. The molecular formula is C15H13BrN4. The van der Waals surface area contributed by atoms with Crippen LogP contribution in [0.25, 0.3) is 5.65 Å². The van der Waals surface area contributed by atoms with Crippen LogP contribution in [-0.2, 0) is 0 Å². The lowest BCUT2D eigenvalue weighted by atomic mass is 10.3. The van der Waals surface area contributed by atoms with Crippen LogP contribution < -0.4 is 0 Å². The van der Waals surface area contributed by atoms with Crippen molar-refractivity contribution < 1.29 is 0 Å². The molecule has 3 rings (SSSR count). The molecule has 1 aromatic carbocycles. The number of aryl methyl sites for hydroxylation is 2. The van der Waals surface area contributed by atoms with Crippen molar-refractivity contribution in [2.45, 2.75) is 13.8 Å². The van der Waals surface area contributed by atoms with E-state index in [4.69, 9.17) is 0 Å². The van der Waals surface area contributed by atoms with Gasteiger partial charge in [0.25, 0.3) is 0 Å². The molecule has 5 heteroatoms. The number of aromatic nitrogens is 2. The van der Waals surface area contributed by atoms with E-state index in [0.29, 0.717) is 0 Å². The number of rotatable bonds is 2. The average molecular weight is 329 g/mol. The van der Waals surface area contributed by atoms with Gasteiger partial charge in [0.15, 0.2) is 5.82 Å². The SMILES string of the molecule is Cc1nc2c(C)cccn2c1N=Nc1cccc(Br)c1. The maximum absolute atomic E-state index is 4.54. The number of benzene rings is 1. The fourth-order valence-electron chi connectivity index (χ4n) is 2.07. The van der Waals surface area contributed by atoms with E-state index in [1.165, 1.54) is 0 Å². The van der Waals surface area contributed by atoms with Crippen molar-refractivity contribution in [3.8, 4) is 0 Å². The monoisotopic (exact) mass is 328 g/mol. The molecule has 0 saturated heterocycles. The van der Waals surface area contributed by atoms with Crippen molar-refractivity contribution in [2.75, 3.05) is 0 Å². The molecule has 4 nitrogen and oxygen atoms in total. The number of nitrogens with zero attached hydrogens (tertiary/aromatic N) is 4. The van der Waals surface area contributed by atoms with Gasteiger partial charge in [0.2, 0.25) is 0 Å². The molecule has 0 radical (unpaired) electrons. The quantitative estimate of drug-likeness (QED) is 0.601. The summed E-state index contributed by atoms with van der Waals surface area (Å²) in [6.07, 6.45) is 1.96. The molecule has 0 amide bonds. The van der Waals surface area contributed by atoms with E-state index in [0.717, 1.165) is 32.9 Å². The lowest BCUT2D eigenvalue weighted by Crippen LogP contribution is -1.85. The number of imidazole rings is 1. The molecule has 0 aliphatic heterocycles. The third-order valence-electron chi connectivity index (χ3n) is 3.06. The van der Waals surface area contributed by atoms with Gasteiger partial charge < -0.3 is 0 Å². The van der Waals surface area contributed by atoms with E-state index in [2.05, 4.69) is 31.1 Å². The standard InChI is InChI=1S/C15H13BrN4/c1-10-5-4-8-20-14(10)17-11(2)15(20)19-18-13-7-3-6-12(16)9-13/h3-9H,1-2H3. The molecule has 0 saturated carbocycles. The summed E-state index contributed by atoms with van der Waals surface area (Å²) in [6, 6.07) is 11.8. The highest BCUT2D eigenvalue weighted by molar-refractivity contribution is 9.10. The van der Waals surface area contributed by atoms with Crippen LogP contribution in [0, 0.1) is 13.8 Å². The number of pyridine rings is 1. The lowest BCUT2D eigenvalue weighted by molar-refractivity contribution is 1.09. The summed E-state index contributed by atoms with van der Waals surface area (Å²) in [5.41, 5.74) is 3.73. The molecule has 0 aliphatic rings. The van der Waals surface area contributed by atoms with Gasteiger partial charge in [0.05, 0.1) is 11.4 Å². The number of azo groups is 1. The molecule has 0 bridgehead atoms. The summed E-state index contributed by atoms with van der Waals surface area (Å²) in [5.74, 6) is 0.767. The molecule has 100 valence electrons. The van der Waals surface area contributed by atoms with Crippen molar-refractivity contribution in [3.63, 3.8) is 0 Å². The Bertz CT molecular complexity index is 805. The first-order chi connectivity index (χ1) is 9.65. The van der Waals surface area contributed by atoms with Gasteiger partial charge >= 0.3 is 0 Å². The van der Waals surface area contributed by atoms with Crippen molar-refractivity contribution in [2.24, 2.45) is 10.2 Å². The fourth-order valence-corrected chi connectivity index (χ4v) is 2.46. The van der Waals surface area contributed by atoms with E-state index in [1.54, 1.807) is 0 Å². The number of hydrogen-bond acceptors (Lipinski definition) is 3. The third kappa shape index (κ3) is 2.36. The summed E-state index contributed by atoms with van der Waals surface area (Å²) in [4.78, 5) is 4.54. The summed E-state index contributed by atoms with van der Waals surface area (Å²) < 4.78 is 2.95. The van der Waals surface area contributed by atoms with Crippen LogP contribution in [0.3, 0.4) is 0 Å². The molecule has 0 atom stereocenters. The van der Waals surface area contributed by atoms with Gasteiger partial charge in [-0.05, 0) is 43.7 Å². The number of halogens is 1. The van der Waals surface area contributed by atoms with Crippen molar-refractivity contribution >= 4 is 33.1 Å². The first kappa shape index (κ1) is 13.0. The van der Waals surface area contributed by atoms with Crippen molar-refractivity contribution in [3.05, 3.63) is 58.3 Å². The zero-order valence-corrected chi connectivity index (χ0v) is 12.8. The Morgan fingerprint density at radius 3 is 2.75 bits per heavy atom. The molecular weight excluding hydrogens is 316 g/mol. The highest BCUT2D eigenvalue weighted by Gasteiger charge is 2.09. The maximum atomic E-state index is 4.54. The summed E-state index contributed by atoms with van der Waals surface area (Å²) in [6.45, 7) is 3.98. The molecule has 0 spiro atoms. The van der Waals surface area contributed by atoms with E-state index in [1.807, 2.05) is 60.8 Å². The molecule has 3 aromatic rings. The first-order valence-electron chi connectivity index (χ1n) is 6.27. The van der Waals surface area contributed by atoms with Gasteiger partial charge in [-0.2, -0.15) is 0 Å². The normalized spacial score (nSPS) is 11.6. The van der Waals surface area contributed by atoms with E-state index >= 15 is 0 Å². The van der Waals surface area contributed by atoms with E-state index < -0.39 is 0 Å². The van der Waals surface area contributed by atoms with Crippen LogP contribution in [0.5, 0.6) is 0 Å². The molecule has 2 aromatic heterocycles. The molecule has 0 fully saturated rings. The predicted molar refractivity (Wildman–Crippen MR) is 83.0 cm³/mol. The van der Waals surface area contributed by atoms with Gasteiger partial charge in [0.1, 0.15) is 5.65 Å². The Hall–Kier alpha value is -2.01. The second-order valence-corrected chi connectivity index (χ2v) is 5.50. The Morgan fingerprint density at radius 2 is 1.95 bits per heavy atom. The van der Waals surface area contributed by atoms with Crippen LogP contribution in [-0.4, -0.2) is 9.38 Å². The minimum absolute atomic E-state index is 0.767. The Balaban J connectivity index is 2.07. The Labute approximate surface area is 125 Å². The zero-order chi connectivity index (χ0) is 14.1. The van der Waals surface area contributed by atoms with Crippen molar-refractivity contribution in [1.82, 2.24) is 9.38 Å². The van der Waals surface area contributed by atoms with Crippen LogP contribution in [0.15, 0.2) is 57.3 Å². The van der Waals surface area contributed by atoms with E-state index in [9.17, 15) is 0 Å². The zero-order valence-electron chi connectivity index (χ0n) is 11.2. The molecule has 20 heavy (non-hydrogen) atoms. The fraction of sp³-hybridized carbons (Fsp3) is 0.133. The minimum atomic E-state index is 0.767. The van der Waals surface area contributed by atoms with Crippen LogP contribution in [0.4, 0.5) is 11.5 Å². The van der Waals surface area contributed by atoms with Crippen molar-refractivity contribution in [1.29, 1.82) is 0 Å². The minimum Gasteiger partial charge on any atom is -0.283 e. The maximum Gasteiger partial charge on any atom is 0.182 e. The van der Waals surface area contributed by atoms with Gasteiger partial charge in [0, 0.05) is 10.7 Å². The second kappa shape index (κ2) is 5.17. The molecule has 0 N–H and O–H groups in total. The molecule has 2 heterocycles. The summed E-state index contributed by atoms with van der Waals surface area (Å²) >= 11 is 3.43. The van der Waals surface area contributed by atoms with Crippen LogP contribution >= 0.6 is 15.9 Å². The van der Waals surface area contributed by atoms with Gasteiger partial charge in [-0.1, -0.05) is 28.1 Å². The highest BCUT2D eigenvalue weighted by Crippen LogP contribution is 2.25. The highest BCUT2D eigenvalue weighted by atomic mass is 79.9. The lowest BCUT2D eigenvalue weighted by Gasteiger charge is -1.98. The van der Waals surface area contributed by atoms with Gasteiger partial charge in [-0.3, -0.25) is 4.40 Å². The van der Waals surface area contributed by atoms with Crippen LogP contribution in [0.1, 0.15) is 11.3 Å². The van der Waals surface area contributed by atoms with E-state index in [-0.39, 0.29) is 0 Å². The Morgan fingerprint density at radius 1 is 1.10 bits per heavy atom. The smallest absolute Gasteiger partial charge is 0.182 e. The average Bonchev–Trinajstić information content (AvgIpc) is 2.74. The number of hydrogen-bond donors (Lipinski definition) is 0. The Kier molecular flexibility index (Phi) is 3.36.